The van der Waals surface area contributed by atoms with Gasteiger partial charge in [0, 0.05) is 30.2 Å². The van der Waals surface area contributed by atoms with Crippen LogP contribution in [0, 0.1) is 20.8 Å². The zero-order valence-electron chi connectivity index (χ0n) is 14.5. The van der Waals surface area contributed by atoms with E-state index in [-0.39, 0.29) is 0 Å². The zero-order valence-corrected chi connectivity index (χ0v) is 14.5. The number of hydrogen-bond donors (Lipinski definition) is 1. The number of nitrogens with zero attached hydrogens (tertiary/aromatic N) is 3. The lowest BCUT2D eigenvalue weighted by molar-refractivity contribution is 1.05. The van der Waals surface area contributed by atoms with Crippen LogP contribution in [0.25, 0.3) is 0 Å². The van der Waals surface area contributed by atoms with Crippen LogP contribution in [0.5, 0.6) is 0 Å². The average molecular weight is 318 g/mol. The molecule has 0 saturated carbocycles. The largest absolute Gasteiger partial charge is 0.329 e. The fraction of sp³-hybridized carbons (Fsp3) is 0.200. The van der Waals surface area contributed by atoms with Crippen LogP contribution in [0.15, 0.2) is 54.6 Å². The van der Waals surface area contributed by atoms with Gasteiger partial charge in [0.05, 0.1) is 0 Å². The standard InChI is InChI=1S/C20H22N4/c1-14-10-11-17(12-15(14)2)22-20-21-16(3)13-19(23-20)24(4)18-8-6-5-7-9-18/h5-13H,1-4H3,(H,21,22,23). The van der Waals surface area contributed by atoms with Gasteiger partial charge in [-0.05, 0) is 56.2 Å². The van der Waals surface area contributed by atoms with Gasteiger partial charge >= 0.3 is 0 Å². The molecule has 0 aliphatic rings. The second kappa shape index (κ2) is 6.71. The van der Waals surface area contributed by atoms with Crippen molar-refractivity contribution >= 4 is 23.1 Å². The van der Waals surface area contributed by atoms with Crippen molar-refractivity contribution < 1.29 is 0 Å². The summed E-state index contributed by atoms with van der Waals surface area (Å²) in [7, 11) is 2.01. The second-order valence-electron chi connectivity index (χ2n) is 6.01. The van der Waals surface area contributed by atoms with Crippen molar-refractivity contribution in [3.8, 4) is 0 Å². The highest BCUT2D eigenvalue weighted by Crippen LogP contribution is 2.24. The van der Waals surface area contributed by atoms with E-state index in [1.165, 1.54) is 11.1 Å². The molecule has 3 rings (SSSR count). The van der Waals surface area contributed by atoms with Gasteiger partial charge in [0.15, 0.2) is 0 Å². The topological polar surface area (TPSA) is 41.1 Å². The Morgan fingerprint density at radius 3 is 2.29 bits per heavy atom. The van der Waals surface area contributed by atoms with Gasteiger partial charge in [0.25, 0.3) is 0 Å². The molecule has 2 aromatic carbocycles. The van der Waals surface area contributed by atoms with Crippen molar-refractivity contribution in [3.63, 3.8) is 0 Å². The van der Waals surface area contributed by atoms with Gasteiger partial charge < -0.3 is 10.2 Å². The fourth-order valence-corrected chi connectivity index (χ4v) is 2.51. The number of rotatable bonds is 4. The van der Waals surface area contributed by atoms with Crippen LogP contribution >= 0.6 is 0 Å². The number of aryl methyl sites for hydroxylation is 3. The zero-order chi connectivity index (χ0) is 17.1. The Hall–Kier alpha value is -2.88. The van der Waals surface area contributed by atoms with Crippen LogP contribution in [0.1, 0.15) is 16.8 Å². The molecule has 0 amide bonds. The van der Waals surface area contributed by atoms with E-state index in [1.54, 1.807) is 0 Å². The third-order valence-electron chi connectivity index (χ3n) is 4.09. The minimum absolute atomic E-state index is 0.607. The maximum Gasteiger partial charge on any atom is 0.229 e. The van der Waals surface area contributed by atoms with Gasteiger partial charge in [-0.25, -0.2) is 4.98 Å². The highest BCUT2D eigenvalue weighted by atomic mass is 15.2. The molecule has 0 fully saturated rings. The lowest BCUT2D eigenvalue weighted by Crippen LogP contribution is -2.13. The molecule has 0 aliphatic heterocycles. The first-order valence-corrected chi connectivity index (χ1v) is 8.01. The predicted octanol–water partition coefficient (Wildman–Crippen LogP) is 4.91. The lowest BCUT2D eigenvalue weighted by Gasteiger charge is -2.19. The first-order chi connectivity index (χ1) is 11.5. The summed E-state index contributed by atoms with van der Waals surface area (Å²) in [5.74, 6) is 1.47. The monoisotopic (exact) mass is 318 g/mol. The molecule has 1 N–H and O–H groups in total. The van der Waals surface area contributed by atoms with Gasteiger partial charge in [-0.15, -0.1) is 0 Å². The number of para-hydroxylation sites is 1. The fourth-order valence-electron chi connectivity index (χ4n) is 2.51. The molecule has 24 heavy (non-hydrogen) atoms. The molecule has 0 atom stereocenters. The van der Waals surface area contributed by atoms with Crippen LogP contribution in [0.2, 0.25) is 0 Å². The van der Waals surface area contributed by atoms with E-state index in [0.717, 1.165) is 22.9 Å². The molecular formula is C20H22N4. The maximum atomic E-state index is 4.66. The highest BCUT2D eigenvalue weighted by Gasteiger charge is 2.09. The number of anilines is 4. The van der Waals surface area contributed by atoms with Crippen LogP contribution in [-0.4, -0.2) is 17.0 Å². The Balaban J connectivity index is 1.90. The summed E-state index contributed by atoms with van der Waals surface area (Å²) in [4.78, 5) is 11.2. The van der Waals surface area contributed by atoms with E-state index < -0.39 is 0 Å². The smallest absolute Gasteiger partial charge is 0.229 e. The summed E-state index contributed by atoms with van der Waals surface area (Å²) in [6, 6.07) is 18.4. The maximum absolute atomic E-state index is 4.66. The molecule has 122 valence electrons. The molecule has 1 aromatic heterocycles. The molecule has 4 heteroatoms. The van der Waals surface area contributed by atoms with Crippen LogP contribution in [0.3, 0.4) is 0 Å². The summed E-state index contributed by atoms with van der Waals surface area (Å²) in [6.45, 7) is 6.19. The van der Waals surface area contributed by atoms with Crippen molar-refractivity contribution in [2.45, 2.75) is 20.8 Å². The molecule has 1 heterocycles. The molecular weight excluding hydrogens is 296 g/mol. The summed E-state index contributed by atoms with van der Waals surface area (Å²) in [5.41, 5.74) is 5.53. The van der Waals surface area contributed by atoms with Gasteiger partial charge in [-0.1, -0.05) is 24.3 Å². The summed E-state index contributed by atoms with van der Waals surface area (Å²) >= 11 is 0. The van der Waals surface area contributed by atoms with Crippen molar-refractivity contribution in [1.82, 2.24) is 9.97 Å². The Labute approximate surface area is 143 Å². The van der Waals surface area contributed by atoms with Crippen molar-refractivity contribution in [2.75, 3.05) is 17.3 Å². The Morgan fingerprint density at radius 2 is 1.58 bits per heavy atom. The van der Waals surface area contributed by atoms with Crippen LogP contribution in [-0.2, 0) is 0 Å². The van der Waals surface area contributed by atoms with E-state index in [1.807, 2.05) is 38.2 Å². The predicted molar refractivity (Wildman–Crippen MR) is 100 cm³/mol. The molecule has 3 aromatic rings. The van der Waals surface area contributed by atoms with Crippen molar-refractivity contribution in [1.29, 1.82) is 0 Å². The van der Waals surface area contributed by atoms with Gasteiger partial charge in [-0.2, -0.15) is 4.98 Å². The minimum Gasteiger partial charge on any atom is -0.329 e. The first kappa shape index (κ1) is 16.0. The Morgan fingerprint density at radius 1 is 0.833 bits per heavy atom. The Kier molecular flexibility index (Phi) is 4.47. The molecule has 0 radical (unpaired) electrons. The van der Waals surface area contributed by atoms with Gasteiger partial charge in [-0.3, -0.25) is 0 Å². The highest BCUT2D eigenvalue weighted by molar-refractivity contribution is 5.62. The average Bonchev–Trinajstić information content (AvgIpc) is 2.58. The number of aromatic nitrogens is 2. The van der Waals surface area contributed by atoms with E-state index >= 15 is 0 Å². The van der Waals surface area contributed by atoms with E-state index in [4.69, 9.17) is 0 Å². The SMILES string of the molecule is Cc1cc(N(C)c2ccccc2)nc(Nc2ccc(C)c(C)c2)n1. The minimum atomic E-state index is 0.607. The summed E-state index contributed by atoms with van der Waals surface area (Å²) in [6.07, 6.45) is 0. The van der Waals surface area contributed by atoms with E-state index in [9.17, 15) is 0 Å². The van der Waals surface area contributed by atoms with Gasteiger partial charge in [0.2, 0.25) is 5.95 Å². The number of benzene rings is 2. The summed E-state index contributed by atoms with van der Waals surface area (Å²) in [5, 5.41) is 3.31. The van der Waals surface area contributed by atoms with E-state index in [2.05, 4.69) is 64.4 Å². The normalized spacial score (nSPS) is 10.5. The number of hydrogen-bond acceptors (Lipinski definition) is 4. The first-order valence-electron chi connectivity index (χ1n) is 8.01. The van der Waals surface area contributed by atoms with Crippen molar-refractivity contribution in [2.24, 2.45) is 0 Å². The molecule has 0 aliphatic carbocycles. The van der Waals surface area contributed by atoms with Crippen LogP contribution < -0.4 is 10.2 Å². The molecule has 0 saturated heterocycles. The van der Waals surface area contributed by atoms with Crippen molar-refractivity contribution in [3.05, 3.63) is 71.4 Å². The molecule has 4 nitrogen and oxygen atoms in total. The second-order valence-corrected chi connectivity index (χ2v) is 6.01. The lowest BCUT2D eigenvalue weighted by atomic mass is 10.1. The van der Waals surface area contributed by atoms with Crippen LogP contribution in [0.4, 0.5) is 23.1 Å². The Bertz CT molecular complexity index is 844. The molecule has 0 spiro atoms. The molecule has 0 bridgehead atoms. The number of nitrogens with one attached hydrogen (secondary N) is 1. The third kappa shape index (κ3) is 3.54. The molecule has 0 unspecified atom stereocenters. The third-order valence-corrected chi connectivity index (χ3v) is 4.09. The van der Waals surface area contributed by atoms with E-state index in [0.29, 0.717) is 5.95 Å². The van der Waals surface area contributed by atoms with Gasteiger partial charge in [0.1, 0.15) is 5.82 Å². The quantitative estimate of drug-likeness (QED) is 0.742. The summed E-state index contributed by atoms with van der Waals surface area (Å²) < 4.78 is 0.